The molecule has 0 aliphatic carbocycles. The van der Waals surface area contributed by atoms with Crippen LogP contribution in [0.4, 0.5) is 0 Å². The molecule has 1 saturated heterocycles. The second-order valence-corrected chi connectivity index (χ2v) is 8.40. The van der Waals surface area contributed by atoms with Crippen LogP contribution >= 0.6 is 11.6 Å². The van der Waals surface area contributed by atoms with Crippen LogP contribution in [0, 0.1) is 13.8 Å². The molecule has 1 aromatic heterocycles. The summed E-state index contributed by atoms with van der Waals surface area (Å²) in [6, 6.07) is 18.6. The lowest BCUT2D eigenvalue weighted by atomic mass is 10.1. The Morgan fingerprint density at radius 2 is 1.70 bits per heavy atom. The van der Waals surface area contributed by atoms with Crippen molar-refractivity contribution in [2.75, 3.05) is 26.2 Å². The Balaban J connectivity index is 1.41. The van der Waals surface area contributed by atoms with E-state index < -0.39 is 0 Å². The van der Waals surface area contributed by atoms with Crippen LogP contribution in [0.25, 0.3) is 0 Å². The summed E-state index contributed by atoms with van der Waals surface area (Å²) in [6.45, 7) is 8.93. The quantitative estimate of drug-likeness (QED) is 0.685. The van der Waals surface area contributed by atoms with Gasteiger partial charge in [0, 0.05) is 5.56 Å². The fourth-order valence-corrected chi connectivity index (χ4v) is 4.41. The zero-order valence-electron chi connectivity index (χ0n) is 17.6. The number of halogens is 1. The van der Waals surface area contributed by atoms with Crippen molar-refractivity contribution in [1.29, 1.82) is 0 Å². The second kappa shape index (κ2) is 9.02. The molecule has 3 aromatic rings. The maximum atomic E-state index is 13.2. The average molecular weight is 424 g/mol. The summed E-state index contributed by atoms with van der Waals surface area (Å²) in [6.07, 6.45) is 0. The van der Waals surface area contributed by atoms with Gasteiger partial charge in [0.25, 0.3) is 5.91 Å². The van der Waals surface area contributed by atoms with Gasteiger partial charge >= 0.3 is 0 Å². The van der Waals surface area contributed by atoms with Gasteiger partial charge in [0.15, 0.2) is 0 Å². The molecule has 0 spiro atoms. The molecule has 1 aliphatic heterocycles. The lowest BCUT2D eigenvalue weighted by molar-refractivity contribution is -0.917. The summed E-state index contributed by atoms with van der Waals surface area (Å²) >= 11 is 6.59. The fourth-order valence-electron chi connectivity index (χ4n) is 4.10. The Hall–Kier alpha value is -2.63. The lowest BCUT2D eigenvalue weighted by Gasteiger charge is -2.32. The van der Waals surface area contributed by atoms with Crippen molar-refractivity contribution in [3.8, 4) is 0 Å². The molecule has 6 heteroatoms. The van der Waals surface area contributed by atoms with Crippen LogP contribution in [0.5, 0.6) is 0 Å². The average Bonchev–Trinajstić information content (AvgIpc) is 3.03. The van der Waals surface area contributed by atoms with Crippen molar-refractivity contribution < 1.29 is 9.69 Å². The molecule has 30 heavy (non-hydrogen) atoms. The molecular weight excluding hydrogens is 396 g/mol. The van der Waals surface area contributed by atoms with Gasteiger partial charge in [-0.2, -0.15) is 5.10 Å². The smallest absolute Gasteiger partial charge is 0.259 e. The van der Waals surface area contributed by atoms with E-state index in [9.17, 15) is 4.79 Å². The van der Waals surface area contributed by atoms with Gasteiger partial charge in [0.1, 0.15) is 11.7 Å². The topological polar surface area (TPSA) is 42.6 Å². The van der Waals surface area contributed by atoms with E-state index in [1.54, 1.807) is 4.68 Å². The molecule has 2 aromatic carbocycles. The van der Waals surface area contributed by atoms with E-state index in [-0.39, 0.29) is 5.91 Å². The van der Waals surface area contributed by atoms with Gasteiger partial charge in [-0.1, -0.05) is 66.2 Å². The Bertz CT molecular complexity index is 1020. The third kappa shape index (κ3) is 4.42. The predicted octanol–water partition coefficient (Wildman–Crippen LogP) is 2.74. The number of benzene rings is 2. The minimum absolute atomic E-state index is 0.00764. The third-order valence-corrected chi connectivity index (χ3v) is 6.30. The van der Waals surface area contributed by atoms with E-state index in [0.717, 1.165) is 38.3 Å². The molecule has 4 rings (SSSR count). The molecule has 0 radical (unpaired) electrons. The van der Waals surface area contributed by atoms with E-state index in [1.165, 1.54) is 16.0 Å². The molecule has 0 unspecified atom stereocenters. The summed E-state index contributed by atoms with van der Waals surface area (Å²) in [4.78, 5) is 16.6. The van der Waals surface area contributed by atoms with Crippen molar-refractivity contribution in [3.63, 3.8) is 0 Å². The summed E-state index contributed by atoms with van der Waals surface area (Å²) in [5, 5.41) is 4.96. The number of piperazine rings is 1. The van der Waals surface area contributed by atoms with E-state index in [0.29, 0.717) is 23.0 Å². The van der Waals surface area contributed by atoms with Gasteiger partial charge in [-0.15, -0.1) is 0 Å². The molecule has 1 fully saturated rings. The Labute approximate surface area is 182 Å². The summed E-state index contributed by atoms with van der Waals surface area (Å²) in [5.74, 6) is -0.00764. The van der Waals surface area contributed by atoms with Crippen molar-refractivity contribution >= 4 is 17.5 Å². The largest absolute Gasteiger partial charge is 0.328 e. The highest BCUT2D eigenvalue weighted by Crippen LogP contribution is 2.23. The Morgan fingerprint density at radius 3 is 2.40 bits per heavy atom. The maximum Gasteiger partial charge on any atom is 0.259 e. The van der Waals surface area contributed by atoms with E-state index in [4.69, 9.17) is 11.6 Å². The molecule has 1 aliphatic rings. The van der Waals surface area contributed by atoms with Crippen molar-refractivity contribution in [2.45, 2.75) is 26.9 Å². The first-order valence-electron chi connectivity index (χ1n) is 10.5. The zero-order chi connectivity index (χ0) is 21.1. The number of quaternary nitrogens is 1. The van der Waals surface area contributed by atoms with E-state index in [1.807, 2.05) is 42.2 Å². The normalized spacial score (nSPS) is 14.8. The van der Waals surface area contributed by atoms with Gasteiger partial charge in [0.2, 0.25) is 0 Å². The number of hydrogen-bond donors (Lipinski definition) is 1. The van der Waals surface area contributed by atoms with Crippen molar-refractivity contribution in [3.05, 3.63) is 87.7 Å². The van der Waals surface area contributed by atoms with Crippen LogP contribution in [-0.4, -0.2) is 46.8 Å². The molecular formula is C24H28ClN4O+. The van der Waals surface area contributed by atoms with Crippen LogP contribution in [-0.2, 0) is 13.1 Å². The van der Waals surface area contributed by atoms with Crippen LogP contribution < -0.4 is 4.90 Å². The number of carbonyl (C=O) groups is 1. The molecule has 2 heterocycles. The summed E-state index contributed by atoms with van der Waals surface area (Å²) in [5.41, 5.74) is 5.05. The molecule has 0 atom stereocenters. The highest BCUT2D eigenvalue weighted by molar-refractivity contribution is 6.33. The molecule has 1 N–H and O–H groups in total. The monoisotopic (exact) mass is 423 g/mol. The molecule has 1 amide bonds. The number of hydrogen-bond acceptors (Lipinski definition) is 2. The molecule has 0 bridgehead atoms. The predicted molar refractivity (Wildman–Crippen MR) is 119 cm³/mol. The standard InChI is InChI=1S/C24H27ClN4O/c1-18-8-6-7-11-21(18)17-27-12-14-28(15-13-27)24(30)22-19(2)26-29(23(22)25)16-20-9-4-3-5-10-20/h3-11H,12-17H2,1-2H3/p+1. The SMILES string of the molecule is Cc1ccccc1C[NH+]1CCN(C(=O)c2c(C)nn(Cc3ccccc3)c2Cl)CC1. The van der Waals surface area contributed by atoms with Crippen LogP contribution in [0.1, 0.15) is 32.7 Å². The minimum atomic E-state index is -0.00764. The number of carbonyl (C=O) groups excluding carboxylic acids is 1. The van der Waals surface area contributed by atoms with E-state index >= 15 is 0 Å². The lowest BCUT2D eigenvalue weighted by Crippen LogP contribution is -3.13. The highest BCUT2D eigenvalue weighted by Gasteiger charge is 2.29. The number of nitrogens with one attached hydrogen (secondary N) is 1. The van der Waals surface area contributed by atoms with Crippen molar-refractivity contribution in [2.24, 2.45) is 0 Å². The van der Waals surface area contributed by atoms with Crippen molar-refractivity contribution in [1.82, 2.24) is 14.7 Å². The van der Waals surface area contributed by atoms with Gasteiger partial charge in [-0.05, 0) is 25.0 Å². The minimum Gasteiger partial charge on any atom is -0.328 e. The fraction of sp³-hybridized carbons (Fsp3) is 0.333. The highest BCUT2D eigenvalue weighted by atomic mass is 35.5. The first kappa shape index (κ1) is 20.6. The van der Waals surface area contributed by atoms with E-state index in [2.05, 4.69) is 36.3 Å². The van der Waals surface area contributed by atoms with Crippen LogP contribution in [0.3, 0.4) is 0 Å². The molecule has 0 saturated carbocycles. The second-order valence-electron chi connectivity index (χ2n) is 8.04. The molecule has 5 nitrogen and oxygen atoms in total. The zero-order valence-corrected chi connectivity index (χ0v) is 18.3. The van der Waals surface area contributed by atoms with Gasteiger partial charge in [-0.3, -0.25) is 4.79 Å². The van der Waals surface area contributed by atoms with Gasteiger partial charge < -0.3 is 9.80 Å². The summed E-state index contributed by atoms with van der Waals surface area (Å²) in [7, 11) is 0. The first-order chi connectivity index (χ1) is 14.5. The van der Waals surface area contributed by atoms with Crippen LogP contribution in [0.2, 0.25) is 5.15 Å². The number of rotatable bonds is 5. The first-order valence-corrected chi connectivity index (χ1v) is 10.8. The number of aryl methyl sites for hydroxylation is 2. The number of nitrogens with zero attached hydrogens (tertiary/aromatic N) is 3. The summed E-state index contributed by atoms with van der Waals surface area (Å²) < 4.78 is 1.72. The van der Waals surface area contributed by atoms with Crippen LogP contribution in [0.15, 0.2) is 54.6 Å². The third-order valence-electron chi connectivity index (χ3n) is 5.91. The van der Waals surface area contributed by atoms with Gasteiger partial charge in [0.05, 0.1) is 44.0 Å². The molecule has 156 valence electrons. The number of amides is 1. The van der Waals surface area contributed by atoms with Gasteiger partial charge in [-0.25, -0.2) is 4.68 Å². The Morgan fingerprint density at radius 1 is 1.03 bits per heavy atom. The Kier molecular flexibility index (Phi) is 6.21. The number of aromatic nitrogens is 2. The maximum absolute atomic E-state index is 13.2.